The lowest BCUT2D eigenvalue weighted by atomic mass is 10.2. The fourth-order valence-electron chi connectivity index (χ4n) is 2.95. The van der Waals surface area contributed by atoms with Gasteiger partial charge < -0.3 is 19.5 Å². The molecule has 7 heteroatoms. The van der Waals surface area contributed by atoms with Crippen LogP contribution in [0.5, 0.6) is 5.75 Å². The van der Waals surface area contributed by atoms with E-state index in [2.05, 4.69) is 20.4 Å². The highest BCUT2D eigenvalue weighted by atomic mass is 16.5. The number of benzene rings is 2. The molecule has 2 aromatic carbocycles. The maximum absolute atomic E-state index is 12.2. The van der Waals surface area contributed by atoms with Gasteiger partial charge in [0, 0.05) is 30.6 Å². The van der Waals surface area contributed by atoms with Gasteiger partial charge in [0.15, 0.2) is 0 Å². The predicted molar refractivity (Wildman–Crippen MR) is 112 cm³/mol. The number of methoxy groups -OCH3 is 1. The zero-order valence-corrected chi connectivity index (χ0v) is 17.0. The number of hydrogen-bond donors (Lipinski definition) is 1. The van der Waals surface area contributed by atoms with Crippen LogP contribution < -0.4 is 10.1 Å². The first kappa shape index (κ1) is 20.5. The Kier molecular flexibility index (Phi) is 6.97. The topological polar surface area (TPSA) is 80.5 Å². The van der Waals surface area contributed by atoms with Crippen molar-refractivity contribution < 1.29 is 14.1 Å². The average molecular weight is 394 g/mol. The molecule has 1 N–H and O–H groups in total. The van der Waals surface area contributed by atoms with Crippen molar-refractivity contribution in [2.75, 3.05) is 26.5 Å². The molecule has 0 saturated carbocycles. The fraction of sp³-hybridized carbons (Fsp3) is 0.318. The van der Waals surface area contributed by atoms with E-state index in [-0.39, 0.29) is 5.91 Å². The maximum atomic E-state index is 12.2. The van der Waals surface area contributed by atoms with E-state index in [4.69, 9.17) is 9.26 Å². The zero-order valence-electron chi connectivity index (χ0n) is 17.0. The van der Waals surface area contributed by atoms with Crippen LogP contribution >= 0.6 is 0 Å². The van der Waals surface area contributed by atoms with Gasteiger partial charge >= 0.3 is 0 Å². The summed E-state index contributed by atoms with van der Waals surface area (Å²) in [4.78, 5) is 18.7. The molecule has 1 amide bonds. The lowest BCUT2D eigenvalue weighted by Crippen LogP contribution is -2.13. The van der Waals surface area contributed by atoms with Crippen molar-refractivity contribution >= 4 is 11.6 Å². The Balaban J connectivity index is 1.47. The van der Waals surface area contributed by atoms with Crippen molar-refractivity contribution in [2.24, 2.45) is 0 Å². The number of hydrogen-bond acceptors (Lipinski definition) is 6. The van der Waals surface area contributed by atoms with Gasteiger partial charge in [-0.05, 0) is 62.5 Å². The van der Waals surface area contributed by atoms with Crippen LogP contribution in [0.2, 0.25) is 0 Å². The number of nitrogens with one attached hydrogen (secondary N) is 1. The summed E-state index contributed by atoms with van der Waals surface area (Å²) in [5.74, 6) is 1.80. The van der Waals surface area contributed by atoms with Gasteiger partial charge in [0.25, 0.3) is 0 Å². The van der Waals surface area contributed by atoms with Crippen molar-refractivity contribution in [3.63, 3.8) is 0 Å². The number of nitrogens with zero attached hydrogens (tertiary/aromatic N) is 3. The summed E-state index contributed by atoms with van der Waals surface area (Å²) >= 11 is 0. The number of rotatable bonds is 9. The van der Waals surface area contributed by atoms with E-state index in [9.17, 15) is 4.79 Å². The molecule has 152 valence electrons. The van der Waals surface area contributed by atoms with Crippen molar-refractivity contribution in [3.8, 4) is 17.1 Å². The summed E-state index contributed by atoms with van der Waals surface area (Å²) in [7, 11) is 5.66. The lowest BCUT2D eigenvalue weighted by Gasteiger charge is -2.11. The first-order valence-corrected chi connectivity index (χ1v) is 9.54. The standard InChI is InChI=1S/C22H26N4O3/c1-26(2)15-16-6-4-7-18(14-16)23-20(27)8-5-9-21-24-22(25-29-21)17-10-12-19(28-3)13-11-17/h4,6-7,10-14H,5,8-9,15H2,1-3H3,(H,23,27). The normalized spacial score (nSPS) is 10.9. The number of carbonyl (C=O) groups is 1. The second-order valence-corrected chi connectivity index (χ2v) is 7.08. The Bertz CT molecular complexity index is 935. The van der Waals surface area contributed by atoms with E-state index in [1.54, 1.807) is 7.11 Å². The van der Waals surface area contributed by atoms with Gasteiger partial charge in [-0.1, -0.05) is 17.3 Å². The maximum Gasteiger partial charge on any atom is 0.226 e. The molecule has 0 bridgehead atoms. The minimum Gasteiger partial charge on any atom is -0.497 e. The van der Waals surface area contributed by atoms with Crippen LogP contribution in [-0.2, 0) is 17.8 Å². The van der Waals surface area contributed by atoms with Crippen LogP contribution in [0.15, 0.2) is 53.1 Å². The molecule has 7 nitrogen and oxygen atoms in total. The second-order valence-electron chi connectivity index (χ2n) is 7.08. The first-order chi connectivity index (χ1) is 14.0. The molecule has 0 saturated heterocycles. The van der Waals surface area contributed by atoms with Gasteiger partial charge in [-0.15, -0.1) is 0 Å². The first-order valence-electron chi connectivity index (χ1n) is 9.54. The summed E-state index contributed by atoms with van der Waals surface area (Å²) < 4.78 is 10.4. The minimum absolute atomic E-state index is 0.0260. The molecule has 0 radical (unpaired) electrons. The van der Waals surface area contributed by atoms with E-state index < -0.39 is 0 Å². The van der Waals surface area contributed by atoms with E-state index in [1.807, 2.05) is 62.6 Å². The Morgan fingerprint density at radius 3 is 2.69 bits per heavy atom. The third kappa shape index (κ3) is 6.15. The molecule has 0 atom stereocenters. The Hall–Kier alpha value is -3.19. The summed E-state index contributed by atoms with van der Waals surface area (Å²) in [5, 5.41) is 6.96. The molecule has 1 heterocycles. The molecule has 0 spiro atoms. The Morgan fingerprint density at radius 1 is 1.17 bits per heavy atom. The number of ether oxygens (including phenoxy) is 1. The molecule has 1 aromatic heterocycles. The molecule has 0 fully saturated rings. The highest BCUT2D eigenvalue weighted by Gasteiger charge is 2.10. The third-order valence-corrected chi connectivity index (χ3v) is 4.32. The zero-order chi connectivity index (χ0) is 20.6. The van der Waals surface area contributed by atoms with Gasteiger partial charge in [-0.25, -0.2) is 0 Å². The van der Waals surface area contributed by atoms with E-state index in [0.717, 1.165) is 29.1 Å². The summed E-state index contributed by atoms with van der Waals surface area (Å²) in [5.41, 5.74) is 2.83. The molecular weight excluding hydrogens is 368 g/mol. The van der Waals surface area contributed by atoms with E-state index in [0.29, 0.717) is 31.0 Å². The molecule has 0 unspecified atom stereocenters. The molecule has 0 aliphatic carbocycles. The van der Waals surface area contributed by atoms with E-state index >= 15 is 0 Å². The van der Waals surface area contributed by atoms with Crippen molar-refractivity contribution in [2.45, 2.75) is 25.8 Å². The number of carbonyl (C=O) groups excluding carboxylic acids is 1. The monoisotopic (exact) mass is 394 g/mol. The summed E-state index contributed by atoms with van der Waals surface area (Å²) in [6.45, 7) is 0.831. The molecule has 3 rings (SSSR count). The van der Waals surface area contributed by atoms with Crippen molar-refractivity contribution in [1.29, 1.82) is 0 Å². The van der Waals surface area contributed by atoms with Gasteiger partial charge in [0.05, 0.1) is 7.11 Å². The molecule has 3 aromatic rings. The van der Waals surface area contributed by atoms with Gasteiger partial charge in [-0.2, -0.15) is 4.98 Å². The smallest absolute Gasteiger partial charge is 0.226 e. The van der Waals surface area contributed by atoms with Crippen molar-refractivity contribution in [1.82, 2.24) is 15.0 Å². The summed E-state index contributed by atoms with van der Waals surface area (Å²) in [6.07, 6.45) is 1.57. The van der Waals surface area contributed by atoms with Crippen LogP contribution in [0.3, 0.4) is 0 Å². The van der Waals surface area contributed by atoms with E-state index in [1.165, 1.54) is 0 Å². The predicted octanol–water partition coefficient (Wildman–Crippen LogP) is 3.77. The number of aromatic nitrogens is 2. The van der Waals surface area contributed by atoms with Crippen LogP contribution in [0.25, 0.3) is 11.4 Å². The van der Waals surface area contributed by atoms with Crippen LogP contribution in [0.1, 0.15) is 24.3 Å². The largest absolute Gasteiger partial charge is 0.497 e. The van der Waals surface area contributed by atoms with Crippen LogP contribution in [0, 0.1) is 0 Å². The number of anilines is 1. The number of amides is 1. The second kappa shape index (κ2) is 9.84. The number of aryl methyl sites for hydroxylation is 1. The minimum atomic E-state index is -0.0260. The van der Waals surface area contributed by atoms with Gasteiger partial charge in [-0.3, -0.25) is 4.79 Å². The molecule has 29 heavy (non-hydrogen) atoms. The Labute approximate surface area is 170 Å². The lowest BCUT2D eigenvalue weighted by molar-refractivity contribution is -0.116. The highest BCUT2D eigenvalue weighted by Crippen LogP contribution is 2.20. The molecular formula is C22H26N4O3. The SMILES string of the molecule is COc1ccc(-c2noc(CCCC(=O)Nc3cccc(CN(C)C)c3)n2)cc1. The Morgan fingerprint density at radius 2 is 1.97 bits per heavy atom. The quantitative estimate of drug-likeness (QED) is 0.595. The van der Waals surface area contributed by atoms with Gasteiger partial charge in [0.1, 0.15) is 5.75 Å². The van der Waals surface area contributed by atoms with Gasteiger partial charge in [0.2, 0.25) is 17.6 Å². The van der Waals surface area contributed by atoms with Crippen molar-refractivity contribution in [3.05, 3.63) is 60.0 Å². The summed E-state index contributed by atoms with van der Waals surface area (Å²) in [6, 6.07) is 15.4. The van der Waals surface area contributed by atoms with Crippen LogP contribution in [0.4, 0.5) is 5.69 Å². The average Bonchev–Trinajstić information content (AvgIpc) is 3.17. The molecule has 0 aliphatic rings. The van der Waals surface area contributed by atoms with Crippen LogP contribution in [-0.4, -0.2) is 42.2 Å². The highest BCUT2D eigenvalue weighted by molar-refractivity contribution is 5.90. The fourth-order valence-corrected chi connectivity index (χ4v) is 2.95. The third-order valence-electron chi connectivity index (χ3n) is 4.32. The molecule has 0 aliphatic heterocycles.